The van der Waals surface area contributed by atoms with Crippen molar-refractivity contribution in [3.63, 3.8) is 0 Å². The maximum Gasteiger partial charge on any atom is 0.329 e. The largest absolute Gasteiger partial charge is 0.454 e. The number of imide groups is 1. The Morgan fingerprint density at radius 3 is 1.82 bits per heavy atom. The van der Waals surface area contributed by atoms with E-state index in [9.17, 15) is 19.2 Å². The number of nitrogens with one attached hydrogen (secondary N) is 1. The number of halogens is 1. The van der Waals surface area contributed by atoms with Crippen molar-refractivity contribution in [2.24, 2.45) is 11.8 Å². The number of amides is 3. The van der Waals surface area contributed by atoms with Crippen LogP contribution in [0.4, 0.5) is 5.69 Å². The molecule has 3 aromatic carbocycles. The number of ether oxygens (including phenoxy) is 1. The van der Waals surface area contributed by atoms with Crippen LogP contribution in [0.15, 0.2) is 77.3 Å². The van der Waals surface area contributed by atoms with E-state index in [1.54, 1.807) is 24.3 Å². The van der Waals surface area contributed by atoms with Gasteiger partial charge in [-0.25, -0.2) is 4.79 Å². The van der Waals surface area contributed by atoms with E-state index in [2.05, 4.69) is 21.2 Å². The lowest BCUT2D eigenvalue weighted by Gasteiger charge is -2.45. The van der Waals surface area contributed by atoms with Gasteiger partial charge in [0.1, 0.15) is 6.04 Å². The lowest BCUT2D eigenvalue weighted by molar-refractivity contribution is -0.160. The summed E-state index contributed by atoms with van der Waals surface area (Å²) in [5.74, 6) is -3.52. The maximum atomic E-state index is 14.1. The van der Waals surface area contributed by atoms with E-state index >= 15 is 0 Å². The number of carbonyl (C=O) groups excluding carboxylic acids is 4. The predicted octanol–water partition coefficient (Wildman–Crippen LogP) is 5.38. The number of rotatable bonds is 8. The minimum atomic E-state index is -1.07. The van der Waals surface area contributed by atoms with Crippen molar-refractivity contribution in [1.29, 1.82) is 0 Å². The molecule has 40 heavy (non-hydrogen) atoms. The second-order valence-electron chi connectivity index (χ2n) is 10.6. The monoisotopic (exact) mass is 600 g/mol. The first-order chi connectivity index (χ1) is 19.4. The maximum absolute atomic E-state index is 14.1. The third kappa shape index (κ3) is 4.35. The third-order valence-electron chi connectivity index (χ3n) is 8.37. The van der Waals surface area contributed by atoms with Crippen molar-refractivity contribution in [3.05, 3.63) is 99.5 Å². The molecule has 1 saturated heterocycles. The topological polar surface area (TPSA) is 92.8 Å². The lowest BCUT2D eigenvalue weighted by atomic mass is 9.55. The number of likely N-dealkylation sites (tertiary alicyclic amines) is 1. The summed E-state index contributed by atoms with van der Waals surface area (Å²) in [5, 5.41) is 2.69. The minimum absolute atomic E-state index is 0.247. The van der Waals surface area contributed by atoms with E-state index in [0.717, 1.165) is 38.0 Å². The molecule has 3 aliphatic carbocycles. The van der Waals surface area contributed by atoms with E-state index in [-0.39, 0.29) is 30.1 Å². The average Bonchev–Trinajstić information content (AvgIpc) is 3.23. The Morgan fingerprint density at radius 1 is 0.850 bits per heavy atom. The first-order valence-corrected chi connectivity index (χ1v) is 14.5. The quantitative estimate of drug-likeness (QED) is 0.277. The zero-order valence-corrected chi connectivity index (χ0v) is 23.6. The van der Waals surface area contributed by atoms with Gasteiger partial charge in [-0.2, -0.15) is 0 Å². The summed E-state index contributed by atoms with van der Waals surface area (Å²) in [6.07, 6.45) is 1.69. The normalized spacial score (nSPS) is 22.8. The van der Waals surface area contributed by atoms with Gasteiger partial charge in [-0.15, -0.1) is 0 Å². The summed E-state index contributed by atoms with van der Waals surface area (Å²) in [6.45, 7) is 1.47. The van der Waals surface area contributed by atoms with Crippen LogP contribution >= 0.6 is 15.9 Å². The highest BCUT2D eigenvalue weighted by molar-refractivity contribution is 9.10. The van der Waals surface area contributed by atoms with Crippen LogP contribution in [0.3, 0.4) is 0 Å². The molecule has 2 bridgehead atoms. The molecular formula is C32H29BrN2O5. The number of carbonyl (C=O) groups is 4. The standard InChI is InChI=1S/C32H29BrN2O5/c1-2-3-12-24(32(39)40-17-25(36)34-19-15-13-18(33)14-16-19)35-30(37)28-26-20-8-4-5-9-21(20)27(29(28)31(35)38)23-11-7-6-10-22(23)26/h4-11,13-16,24,26-29H,2-3,12,17H2,1H3,(H,34,36)/t24-,26?,27?,28-,29+/m0/s1. The Kier molecular flexibility index (Phi) is 7.04. The van der Waals surface area contributed by atoms with Crippen LogP contribution < -0.4 is 5.32 Å². The van der Waals surface area contributed by atoms with Crippen LogP contribution in [0.5, 0.6) is 0 Å². The smallest absolute Gasteiger partial charge is 0.329 e. The Bertz CT molecular complexity index is 1390. The molecule has 8 heteroatoms. The van der Waals surface area contributed by atoms with Gasteiger partial charge in [-0.05, 0) is 52.9 Å². The molecule has 7 rings (SSSR count). The van der Waals surface area contributed by atoms with Crippen LogP contribution in [0, 0.1) is 11.8 Å². The summed E-state index contributed by atoms with van der Waals surface area (Å²) in [7, 11) is 0. The fraction of sp³-hybridized carbons (Fsp3) is 0.312. The van der Waals surface area contributed by atoms with Crippen LogP contribution in [-0.4, -0.2) is 41.2 Å². The van der Waals surface area contributed by atoms with Crippen LogP contribution in [-0.2, 0) is 23.9 Å². The highest BCUT2D eigenvalue weighted by atomic mass is 79.9. The van der Waals surface area contributed by atoms with Crippen molar-refractivity contribution < 1.29 is 23.9 Å². The summed E-state index contributed by atoms with van der Waals surface area (Å²) in [6, 6.07) is 22.0. The molecule has 1 aliphatic heterocycles. The summed E-state index contributed by atoms with van der Waals surface area (Å²) in [4.78, 5) is 55.2. The number of esters is 1. The molecule has 0 radical (unpaired) electrons. The third-order valence-corrected chi connectivity index (χ3v) is 8.90. The van der Waals surface area contributed by atoms with E-state index in [1.807, 2.05) is 55.5 Å². The second-order valence-corrected chi connectivity index (χ2v) is 11.5. The van der Waals surface area contributed by atoms with Crippen LogP contribution in [0.1, 0.15) is 60.3 Å². The molecular weight excluding hydrogens is 572 g/mol. The first-order valence-electron chi connectivity index (χ1n) is 13.7. The number of unbranched alkanes of at least 4 members (excludes halogenated alkanes) is 1. The Morgan fingerprint density at radius 2 is 1.35 bits per heavy atom. The van der Waals surface area contributed by atoms with E-state index < -0.39 is 36.4 Å². The highest BCUT2D eigenvalue weighted by Gasteiger charge is 2.63. The number of nitrogens with zero attached hydrogens (tertiary/aromatic N) is 1. The summed E-state index contributed by atoms with van der Waals surface area (Å²) in [5.41, 5.74) is 4.87. The molecule has 0 saturated carbocycles. The molecule has 7 nitrogen and oxygen atoms in total. The molecule has 0 unspecified atom stereocenters. The molecule has 3 amide bonds. The first kappa shape index (κ1) is 26.4. The molecule has 3 atom stereocenters. The van der Waals surface area contributed by atoms with Crippen molar-refractivity contribution in [2.45, 2.75) is 44.1 Å². The number of hydrogen-bond acceptors (Lipinski definition) is 5. The SMILES string of the molecule is CCCC[C@@H](C(=O)OCC(=O)Nc1ccc(Br)cc1)N1C(=O)[C@@H]2C3c4ccccc4C(c4ccccc43)[C@@H]2C1=O. The van der Waals surface area contributed by atoms with Crippen molar-refractivity contribution in [3.8, 4) is 0 Å². The van der Waals surface area contributed by atoms with Gasteiger partial charge in [0.2, 0.25) is 11.8 Å². The molecule has 0 spiro atoms. The van der Waals surface area contributed by atoms with Gasteiger partial charge in [-0.3, -0.25) is 19.3 Å². The second kappa shape index (κ2) is 10.7. The molecule has 4 aliphatic rings. The zero-order valence-electron chi connectivity index (χ0n) is 22.0. The van der Waals surface area contributed by atoms with E-state index in [0.29, 0.717) is 12.1 Å². The Hall–Kier alpha value is -3.78. The van der Waals surface area contributed by atoms with Gasteiger partial charge in [-0.1, -0.05) is 84.2 Å². The van der Waals surface area contributed by atoms with Gasteiger partial charge in [0.05, 0.1) is 11.8 Å². The van der Waals surface area contributed by atoms with Gasteiger partial charge >= 0.3 is 5.97 Å². The van der Waals surface area contributed by atoms with Crippen LogP contribution in [0.2, 0.25) is 0 Å². The molecule has 1 fully saturated rings. The molecule has 1 heterocycles. The fourth-order valence-corrected chi connectivity index (χ4v) is 6.98. The fourth-order valence-electron chi connectivity index (χ4n) is 6.72. The predicted molar refractivity (Wildman–Crippen MR) is 152 cm³/mol. The highest BCUT2D eigenvalue weighted by Crippen LogP contribution is 2.61. The molecule has 0 aromatic heterocycles. The Labute approximate surface area is 241 Å². The zero-order chi connectivity index (χ0) is 28.0. The molecule has 204 valence electrons. The number of benzene rings is 3. The van der Waals surface area contributed by atoms with Gasteiger partial charge < -0.3 is 10.1 Å². The van der Waals surface area contributed by atoms with Crippen molar-refractivity contribution in [1.82, 2.24) is 4.90 Å². The molecule has 1 N–H and O–H groups in total. The minimum Gasteiger partial charge on any atom is -0.454 e. The Balaban J connectivity index is 1.26. The van der Waals surface area contributed by atoms with E-state index in [4.69, 9.17) is 4.74 Å². The van der Waals surface area contributed by atoms with Gasteiger partial charge in [0.25, 0.3) is 5.91 Å². The average molecular weight is 601 g/mol. The number of anilines is 1. The van der Waals surface area contributed by atoms with E-state index in [1.165, 1.54) is 0 Å². The van der Waals surface area contributed by atoms with Crippen molar-refractivity contribution >= 4 is 45.3 Å². The molecule has 3 aromatic rings. The van der Waals surface area contributed by atoms with Gasteiger partial charge in [0.15, 0.2) is 6.61 Å². The lowest BCUT2D eigenvalue weighted by Crippen LogP contribution is -2.47. The number of hydrogen-bond donors (Lipinski definition) is 1. The van der Waals surface area contributed by atoms with Crippen LogP contribution in [0.25, 0.3) is 0 Å². The van der Waals surface area contributed by atoms with Gasteiger partial charge in [0, 0.05) is 22.0 Å². The summed E-state index contributed by atoms with van der Waals surface area (Å²) >= 11 is 3.35. The summed E-state index contributed by atoms with van der Waals surface area (Å²) < 4.78 is 6.28. The van der Waals surface area contributed by atoms with Crippen molar-refractivity contribution in [2.75, 3.05) is 11.9 Å².